The molecule has 0 aromatic heterocycles. The van der Waals surface area contributed by atoms with Gasteiger partial charge in [-0.1, -0.05) is 37.3 Å². The van der Waals surface area contributed by atoms with Crippen molar-refractivity contribution >= 4 is 29.1 Å². The number of nitrogens with two attached hydrogens (primary N) is 1. The fraction of sp³-hybridized carbons (Fsp3) is 0.348. The van der Waals surface area contributed by atoms with Gasteiger partial charge in [-0.25, -0.2) is 4.90 Å². The summed E-state index contributed by atoms with van der Waals surface area (Å²) in [7, 11) is 0. The van der Waals surface area contributed by atoms with E-state index in [9.17, 15) is 27.6 Å². The fourth-order valence-electron chi connectivity index (χ4n) is 3.76. The van der Waals surface area contributed by atoms with Crippen molar-refractivity contribution in [3.8, 4) is 11.1 Å². The van der Waals surface area contributed by atoms with E-state index in [1.807, 2.05) is 6.07 Å². The molecule has 2 unspecified atom stereocenters. The number of hydrogen-bond acceptors (Lipinski definition) is 4. The van der Waals surface area contributed by atoms with Crippen LogP contribution in [0.25, 0.3) is 11.1 Å². The molecule has 1 aliphatic rings. The Labute approximate surface area is 183 Å². The van der Waals surface area contributed by atoms with Gasteiger partial charge < -0.3 is 11.1 Å². The first-order chi connectivity index (χ1) is 14.9. The predicted octanol–water partition coefficient (Wildman–Crippen LogP) is 4.01. The van der Waals surface area contributed by atoms with Crippen molar-refractivity contribution in [3.63, 3.8) is 0 Å². The van der Waals surface area contributed by atoms with Crippen LogP contribution in [-0.4, -0.2) is 29.9 Å². The van der Waals surface area contributed by atoms with Gasteiger partial charge >= 0.3 is 6.18 Å². The van der Waals surface area contributed by atoms with Crippen molar-refractivity contribution in [2.24, 2.45) is 5.92 Å². The number of nitrogens with zero attached hydrogens (tertiary/aromatic N) is 1. The summed E-state index contributed by atoms with van der Waals surface area (Å²) in [6, 6.07) is 10.8. The van der Waals surface area contributed by atoms with Crippen molar-refractivity contribution in [2.45, 2.75) is 45.3 Å². The van der Waals surface area contributed by atoms with Crippen LogP contribution >= 0.6 is 0 Å². The molecule has 3 N–H and O–H groups in total. The molecule has 0 aliphatic carbocycles. The molecule has 9 heteroatoms. The lowest BCUT2D eigenvalue weighted by molar-refractivity contribution is -0.174. The minimum absolute atomic E-state index is 0.265. The Hall–Kier alpha value is -3.36. The molecule has 0 bridgehead atoms. The highest BCUT2D eigenvalue weighted by Crippen LogP contribution is 2.44. The summed E-state index contributed by atoms with van der Waals surface area (Å²) in [6.07, 6.45) is -5.34. The van der Waals surface area contributed by atoms with Gasteiger partial charge in [-0.15, -0.1) is 0 Å². The van der Waals surface area contributed by atoms with Gasteiger partial charge in [0.2, 0.25) is 11.8 Å². The predicted molar refractivity (Wildman–Crippen MR) is 115 cm³/mol. The zero-order chi connectivity index (χ0) is 23.8. The number of benzene rings is 2. The average molecular weight is 447 g/mol. The first-order valence-electron chi connectivity index (χ1n) is 10.1. The summed E-state index contributed by atoms with van der Waals surface area (Å²) in [6.45, 7) is 3.89. The van der Waals surface area contributed by atoms with E-state index < -0.39 is 48.2 Å². The second-order valence-corrected chi connectivity index (χ2v) is 8.00. The maximum absolute atomic E-state index is 13.3. The third kappa shape index (κ3) is 4.32. The number of halogens is 3. The van der Waals surface area contributed by atoms with Crippen molar-refractivity contribution in [2.75, 3.05) is 10.6 Å². The van der Waals surface area contributed by atoms with E-state index in [-0.39, 0.29) is 5.69 Å². The van der Waals surface area contributed by atoms with Gasteiger partial charge in [0.05, 0.1) is 17.5 Å². The topological polar surface area (TPSA) is 92.5 Å². The van der Waals surface area contributed by atoms with Gasteiger partial charge in [-0.3, -0.25) is 14.4 Å². The number of amides is 3. The summed E-state index contributed by atoms with van der Waals surface area (Å²) in [5.74, 6) is -4.75. The van der Waals surface area contributed by atoms with Crippen LogP contribution in [0.4, 0.5) is 24.5 Å². The molecule has 1 aliphatic heterocycles. The number of hydrogen-bond donors (Lipinski definition) is 2. The van der Waals surface area contributed by atoms with Crippen LogP contribution in [0.1, 0.15) is 38.7 Å². The van der Waals surface area contributed by atoms with Crippen molar-refractivity contribution < 1.29 is 27.6 Å². The van der Waals surface area contributed by atoms with Gasteiger partial charge in [-0.2, -0.15) is 13.2 Å². The highest BCUT2D eigenvalue weighted by Gasteiger charge is 2.39. The molecule has 0 spiro atoms. The summed E-state index contributed by atoms with van der Waals surface area (Å²) in [5.41, 5.74) is 8.76. The molecule has 2 aromatic carbocycles. The van der Waals surface area contributed by atoms with Crippen LogP contribution in [0.3, 0.4) is 0 Å². The van der Waals surface area contributed by atoms with E-state index in [1.165, 1.54) is 6.92 Å². The Kier molecular flexibility index (Phi) is 6.29. The summed E-state index contributed by atoms with van der Waals surface area (Å²) in [4.78, 5) is 39.7. The van der Waals surface area contributed by atoms with Gasteiger partial charge in [0.25, 0.3) is 5.91 Å². The zero-order valence-corrected chi connectivity index (χ0v) is 17.9. The van der Waals surface area contributed by atoms with Crippen molar-refractivity contribution in [1.29, 1.82) is 0 Å². The third-order valence-electron chi connectivity index (χ3n) is 5.62. The van der Waals surface area contributed by atoms with Crippen LogP contribution in [0.5, 0.6) is 0 Å². The number of carbonyl (C=O) groups is 3. The second kappa shape index (κ2) is 8.64. The van der Waals surface area contributed by atoms with Crippen LogP contribution in [0.15, 0.2) is 42.5 Å². The van der Waals surface area contributed by atoms with Gasteiger partial charge in [0.15, 0.2) is 0 Å². The number of nitrogen functional groups attached to an aromatic ring is 1. The zero-order valence-electron chi connectivity index (χ0n) is 17.9. The number of nitrogens with one attached hydrogen (secondary N) is 1. The normalized spacial score (nSPS) is 17.6. The maximum Gasteiger partial charge on any atom is 0.392 e. The molecule has 0 saturated carbocycles. The van der Waals surface area contributed by atoms with Gasteiger partial charge in [0.1, 0.15) is 6.04 Å². The van der Waals surface area contributed by atoms with Crippen LogP contribution in [0, 0.1) is 5.92 Å². The number of alkyl halides is 3. The molecule has 1 heterocycles. The highest BCUT2D eigenvalue weighted by atomic mass is 19.4. The minimum Gasteiger partial charge on any atom is -0.398 e. The molecule has 6 nitrogen and oxygen atoms in total. The number of rotatable bonds is 4. The largest absolute Gasteiger partial charge is 0.398 e. The molecular formula is C23H24F3N3O3. The van der Waals surface area contributed by atoms with Crippen molar-refractivity contribution in [1.82, 2.24) is 5.32 Å². The Morgan fingerprint density at radius 2 is 1.78 bits per heavy atom. The number of imide groups is 1. The average Bonchev–Trinajstić information content (AvgIpc) is 2.81. The monoisotopic (exact) mass is 447 g/mol. The summed E-state index contributed by atoms with van der Waals surface area (Å²) >= 11 is 0. The lowest BCUT2D eigenvalue weighted by Gasteiger charge is -2.27. The highest BCUT2D eigenvalue weighted by molar-refractivity contribution is 6.22. The Bertz CT molecular complexity index is 1070. The lowest BCUT2D eigenvalue weighted by atomic mass is 9.92. The van der Waals surface area contributed by atoms with E-state index >= 15 is 0 Å². The van der Waals surface area contributed by atoms with Crippen LogP contribution < -0.4 is 16.0 Å². The fourth-order valence-corrected chi connectivity index (χ4v) is 3.76. The first-order valence-corrected chi connectivity index (χ1v) is 10.1. The first kappa shape index (κ1) is 23.3. The molecule has 3 rings (SSSR count). The van der Waals surface area contributed by atoms with Gasteiger partial charge in [-0.05, 0) is 37.1 Å². The molecule has 2 aromatic rings. The third-order valence-corrected chi connectivity index (χ3v) is 5.62. The molecule has 170 valence electrons. The summed E-state index contributed by atoms with van der Waals surface area (Å²) < 4.78 is 38.3. The molecule has 0 radical (unpaired) electrons. The van der Waals surface area contributed by atoms with Crippen LogP contribution in [0.2, 0.25) is 0 Å². The van der Waals surface area contributed by atoms with E-state index in [0.29, 0.717) is 22.4 Å². The Balaban J connectivity index is 1.95. The van der Waals surface area contributed by atoms with E-state index in [0.717, 1.165) is 11.8 Å². The lowest BCUT2D eigenvalue weighted by Crippen LogP contribution is -2.50. The summed E-state index contributed by atoms with van der Waals surface area (Å²) in [5, 5.41) is 2.29. The number of fused-ring (bicyclic) bond motifs is 3. The maximum atomic E-state index is 13.3. The molecular weight excluding hydrogens is 423 g/mol. The SMILES string of the molecule is CC1C(=O)N(C(=O)[C@H](C)NC(=O)CC(C)C(F)(F)F)c2cccc(N)c2-c2ccccc21. The van der Waals surface area contributed by atoms with E-state index in [4.69, 9.17) is 5.73 Å². The number of carbonyl (C=O) groups excluding carboxylic acids is 3. The molecule has 0 fully saturated rings. The molecule has 32 heavy (non-hydrogen) atoms. The quantitative estimate of drug-likeness (QED) is 0.693. The molecule has 3 atom stereocenters. The van der Waals surface area contributed by atoms with Crippen molar-refractivity contribution in [3.05, 3.63) is 48.0 Å². The number of anilines is 2. The second-order valence-electron chi connectivity index (χ2n) is 8.00. The van der Waals surface area contributed by atoms with E-state index in [2.05, 4.69) is 5.32 Å². The molecule has 0 saturated heterocycles. The smallest absolute Gasteiger partial charge is 0.392 e. The van der Waals surface area contributed by atoms with Gasteiger partial charge in [0, 0.05) is 17.7 Å². The minimum atomic E-state index is -4.52. The standard InChI is InChI=1S/C23H24F3N3O3/c1-12(23(24,25)26)11-19(30)28-14(3)22(32)29-18-10-6-9-17(27)20(18)16-8-5-4-7-15(16)13(2)21(29)31/h4-10,12-14H,11,27H2,1-3H3,(H,28,30)/t12?,13?,14-/m0/s1. The Morgan fingerprint density at radius 3 is 2.44 bits per heavy atom. The molecule has 3 amide bonds. The van der Waals surface area contributed by atoms with E-state index in [1.54, 1.807) is 43.3 Å². The Morgan fingerprint density at radius 1 is 1.12 bits per heavy atom. The van der Waals surface area contributed by atoms with Crippen LogP contribution in [-0.2, 0) is 14.4 Å².